The van der Waals surface area contributed by atoms with Gasteiger partial charge in [-0.25, -0.2) is 0 Å². The zero-order valence-electron chi connectivity index (χ0n) is 35.7. The molecule has 0 saturated heterocycles. The number of nitrogens with zero attached hydrogens (tertiary/aromatic N) is 2. The van der Waals surface area contributed by atoms with Crippen LogP contribution < -0.4 is 5.19 Å². The van der Waals surface area contributed by atoms with Crippen LogP contribution in [0.2, 0.25) is 19.6 Å². The fourth-order valence-corrected chi connectivity index (χ4v) is 8.62. The molecular formula is C48H39F3IrN2O2Si-2. The molecule has 0 unspecified atom stereocenters. The van der Waals surface area contributed by atoms with Gasteiger partial charge in [0.1, 0.15) is 5.58 Å². The molecule has 0 fully saturated rings. The SMILES string of the molecule is [2H]C(C)(C)c1cc(-c2[c-]ccc(-c3ccccc3)c2)ncc1[Si](C)(C)C.[2H]C([2H])([2H])c1c[c-]c(-c2cc(C(F)(F)F)ccn2)c2oc3c(ccc4c5ccccc5oc43)c12.[Ir]. The molecule has 5 aromatic carbocycles. The van der Waals surface area contributed by atoms with Gasteiger partial charge in [-0.15, -0.1) is 53.1 Å². The summed E-state index contributed by atoms with van der Waals surface area (Å²) in [6, 6.07) is 38.7. The maximum Gasteiger partial charge on any atom is 0.415 e. The van der Waals surface area contributed by atoms with E-state index in [1.165, 1.54) is 16.8 Å². The van der Waals surface area contributed by atoms with Crippen molar-refractivity contribution in [2.45, 2.75) is 52.4 Å². The van der Waals surface area contributed by atoms with E-state index in [1.54, 1.807) is 6.07 Å². The van der Waals surface area contributed by atoms with Gasteiger partial charge in [-0.1, -0.05) is 124 Å². The first-order valence-electron chi connectivity index (χ1n) is 20.1. The molecule has 0 aliphatic rings. The van der Waals surface area contributed by atoms with E-state index < -0.39 is 32.6 Å². The summed E-state index contributed by atoms with van der Waals surface area (Å²) in [4.78, 5) is 8.82. The second-order valence-electron chi connectivity index (χ2n) is 15.0. The number of furan rings is 2. The van der Waals surface area contributed by atoms with Crippen molar-refractivity contribution in [1.82, 2.24) is 9.97 Å². The van der Waals surface area contributed by atoms with Gasteiger partial charge in [0.2, 0.25) is 0 Å². The number of para-hydroxylation sites is 1. The van der Waals surface area contributed by atoms with E-state index in [9.17, 15) is 13.2 Å². The van der Waals surface area contributed by atoms with Gasteiger partial charge in [0.15, 0.2) is 11.2 Å². The maximum atomic E-state index is 13.3. The second-order valence-corrected chi connectivity index (χ2v) is 20.0. The molecule has 0 atom stereocenters. The molecule has 289 valence electrons. The molecule has 57 heavy (non-hydrogen) atoms. The zero-order chi connectivity index (χ0) is 42.8. The van der Waals surface area contributed by atoms with Crippen molar-refractivity contribution in [2.24, 2.45) is 0 Å². The number of pyridine rings is 2. The summed E-state index contributed by atoms with van der Waals surface area (Å²) >= 11 is 0. The van der Waals surface area contributed by atoms with E-state index in [4.69, 9.17) is 19.3 Å². The van der Waals surface area contributed by atoms with Crippen molar-refractivity contribution < 1.29 is 47.6 Å². The van der Waals surface area contributed by atoms with E-state index >= 15 is 0 Å². The Balaban J connectivity index is 0.000000188. The Kier molecular flexibility index (Phi) is 9.51. The molecule has 0 bridgehead atoms. The molecule has 0 N–H and O–H groups in total. The number of aryl methyl sites for hydroxylation is 1. The summed E-state index contributed by atoms with van der Waals surface area (Å²) in [5.41, 5.74) is 5.94. The average molecular weight is 957 g/mol. The monoisotopic (exact) mass is 957 g/mol. The molecule has 9 rings (SSSR count). The van der Waals surface area contributed by atoms with Gasteiger partial charge >= 0.3 is 6.18 Å². The summed E-state index contributed by atoms with van der Waals surface area (Å²) in [5.74, 6) is -0.648. The van der Waals surface area contributed by atoms with Crippen LogP contribution in [0.1, 0.15) is 41.9 Å². The van der Waals surface area contributed by atoms with Crippen LogP contribution in [0.3, 0.4) is 0 Å². The number of benzene rings is 5. The van der Waals surface area contributed by atoms with Crippen molar-refractivity contribution in [1.29, 1.82) is 0 Å². The van der Waals surface area contributed by atoms with E-state index in [0.29, 0.717) is 22.1 Å². The third kappa shape index (κ3) is 7.72. The molecule has 9 aromatic rings. The molecule has 0 amide bonds. The number of rotatable bonds is 5. The number of hydrogen-bond donors (Lipinski definition) is 0. The predicted octanol–water partition coefficient (Wildman–Crippen LogP) is 13.6. The quantitative estimate of drug-likeness (QED) is 0.127. The Morgan fingerprint density at radius 1 is 0.754 bits per heavy atom. The van der Waals surface area contributed by atoms with E-state index in [1.807, 2.05) is 74.6 Å². The maximum absolute atomic E-state index is 13.3. The van der Waals surface area contributed by atoms with Crippen LogP contribution in [0.15, 0.2) is 130 Å². The van der Waals surface area contributed by atoms with Crippen LogP contribution in [0.4, 0.5) is 13.2 Å². The van der Waals surface area contributed by atoms with Gasteiger partial charge < -0.3 is 18.8 Å². The Bertz CT molecular complexity index is 3060. The molecule has 9 heteroatoms. The minimum atomic E-state index is -4.57. The van der Waals surface area contributed by atoms with Gasteiger partial charge in [-0.2, -0.15) is 13.2 Å². The summed E-state index contributed by atoms with van der Waals surface area (Å²) in [6.45, 7) is 8.33. The Hall–Kier alpha value is -5.34. The molecule has 4 heterocycles. The standard InChI is InChI=1S/C25H13F3NO2.C23H26NSi.Ir/c1-13-6-7-17(19-12-14(10-11-29-19)25(26,27)28)22-21(13)18-9-8-16-15-4-2-3-5-20(15)30-23(16)24(18)31-22;1-17(2)21-15-22(24-16-23(21)25(3,4)5)20-13-9-12-19(14-20)18-10-7-6-8-11-18;/h2-6,8-12H,1H3;6-12,14-17H,1-5H3;/q2*-1;/i1D3;17D;. The van der Waals surface area contributed by atoms with Crippen LogP contribution in [0.5, 0.6) is 0 Å². The topological polar surface area (TPSA) is 52.1 Å². The molecule has 0 aliphatic heterocycles. The average Bonchev–Trinajstić information content (AvgIpc) is 3.79. The van der Waals surface area contributed by atoms with Crippen molar-refractivity contribution in [3.05, 3.63) is 150 Å². The van der Waals surface area contributed by atoms with E-state index in [-0.39, 0.29) is 47.9 Å². The number of halogens is 3. The molecule has 1 radical (unpaired) electrons. The van der Waals surface area contributed by atoms with Crippen LogP contribution >= 0.6 is 0 Å². The van der Waals surface area contributed by atoms with Crippen molar-refractivity contribution >= 4 is 57.1 Å². The second kappa shape index (κ2) is 15.5. The van der Waals surface area contributed by atoms with Crippen LogP contribution in [0, 0.1) is 19.0 Å². The molecule has 4 aromatic heterocycles. The first-order chi connectivity index (χ1) is 28.3. The van der Waals surface area contributed by atoms with Crippen molar-refractivity contribution in [2.75, 3.05) is 0 Å². The summed E-state index contributed by atoms with van der Waals surface area (Å²) in [6.07, 6.45) is -1.52. The normalized spacial score (nSPS) is 13.4. The molecule has 0 spiro atoms. The Morgan fingerprint density at radius 2 is 1.49 bits per heavy atom. The fraction of sp³-hybridized carbons (Fsp3) is 0.167. The van der Waals surface area contributed by atoms with E-state index in [2.05, 4.69) is 67.1 Å². The van der Waals surface area contributed by atoms with Gasteiger partial charge in [0.25, 0.3) is 0 Å². The number of alkyl halides is 3. The number of fused-ring (bicyclic) bond motifs is 7. The van der Waals surface area contributed by atoms with Crippen molar-refractivity contribution in [3.63, 3.8) is 0 Å². The fourth-order valence-electron chi connectivity index (χ4n) is 7.04. The third-order valence-corrected chi connectivity index (χ3v) is 11.9. The molecule has 0 aliphatic carbocycles. The molecule has 0 saturated carbocycles. The van der Waals surface area contributed by atoms with Gasteiger partial charge in [-0.05, 0) is 46.2 Å². The largest absolute Gasteiger partial charge is 0.497 e. The van der Waals surface area contributed by atoms with E-state index in [0.717, 1.165) is 51.5 Å². The first-order valence-corrected chi connectivity index (χ1v) is 21.6. The Labute approximate surface area is 349 Å². The Morgan fingerprint density at radius 3 is 2.23 bits per heavy atom. The summed E-state index contributed by atoms with van der Waals surface area (Å²) in [5, 5.41) is 3.66. The summed E-state index contributed by atoms with van der Waals surface area (Å²) < 4.78 is 84.7. The number of aromatic nitrogens is 2. The summed E-state index contributed by atoms with van der Waals surface area (Å²) in [7, 11) is -1.57. The predicted molar refractivity (Wildman–Crippen MR) is 224 cm³/mol. The van der Waals surface area contributed by atoms with Gasteiger partial charge in [0, 0.05) is 59.7 Å². The minimum absolute atomic E-state index is 0. The zero-order valence-corrected chi connectivity index (χ0v) is 35.1. The van der Waals surface area contributed by atoms with Crippen LogP contribution in [-0.4, -0.2) is 18.0 Å². The van der Waals surface area contributed by atoms with Gasteiger partial charge in [0.05, 0.1) is 13.7 Å². The van der Waals surface area contributed by atoms with Crippen LogP contribution in [-0.2, 0) is 26.3 Å². The van der Waals surface area contributed by atoms with Gasteiger partial charge in [-0.3, -0.25) is 0 Å². The number of hydrogen-bond acceptors (Lipinski definition) is 4. The van der Waals surface area contributed by atoms with Crippen LogP contribution in [0.25, 0.3) is 77.5 Å². The molecule has 4 nitrogen and oxygen atoms in total. The van der Waals surface area contributed by atoms with Crippen molar-refractivity contribution in [3.8, 4) is 33.6 Å². The third-order valence-electron chi connectivity index (χ3n) is 9.84. The molecular weight excluding hydrogens is 914 g/mol. The first kappa shape index (κ1) is 34.9. The minimum Gasteiger partial charge on any atom is -0.497 e. The smallest absolute Gasteiger partial charge is 0.415 e.